The van der Waals surface area contributed by atoms with Gasteiger partial charge in [-0.2, -0.15) is 0 Å². The van der Waals surface area contributed by atoms with Gasteiger partial charge in [0.05, 0.1) is 18.7 Å². The first-order valence-corrected chi connectivity index (χ1v) is 6.75. The number of benzene rings is 1. The largest absolute Gasteiger partial charge is 0.482 e. The Bertz CT molecular complexity index is 581. The first kappa shape index (κ1) is 15.0. The van der Waals surface area contributed by atoms with Crippen molar-refractivity contribution in [2.24, 2.45) is 0 Å². The quantitative estimate of drug-likeness (QED) is 0.608. The smallest absolute Gasteiger partial charge is 0.306 e. The molecule has 112 valence electrons. The van der Waals surface area contributed by atoms with Crippen molar-refractivity contribution < 1.29 is 23.9 Å². The molecular formula is C15H17NO5. The van der Waals surface area contributed by atoms with Crippen molar-refractivity contribution >= 4 is 23.3 Å². The number of anilines is 1. The van der Waals surface area contributed by atoms with Gasteiger partial charge in [-0.05, 0) is 25.1 Å². The molecular weight excluding hydrogens is 274 g/mol. The van der Waals surface area contributed by atoms with E-state index in [-0.39, 0.29) is 37.1 Å². The van der Waals surface area contributed by atoms with Crippen molar-refractivity contribution in [1.29, 1.82) is 0 Å². The Hall–Kier alpha value is -2.37. The molecule has 21 heavy (non-hydrogen) atoms. The Kier molecular flexibility index (Phi) is 4.57. The number of rotatable bonds is 5. The summed E-state index contributed by atoms with van der Waals surface area (Å²) in [6.45, 7) is 2.02. The summed E-state index contributed by atoms with van der Waals surface area (Å²) in [5.41, 5.74) is 1.01. The number of carbonyl (C=O) groups is 3. The summed E-state index contributed by atoms with van der Waals surface area (Å²) in [5, 5.41) is 0. The molecule has 1 amide bonds. The lowest BCUT2D eigenvalue weighted by atomic mass is 10.0. The Morgan fingerprint density at radius 1 is 1.33 bits per heavy atom. The minimum Gasteiger partial charge on any atom is -0.482 e. The molecule has 1 aliphatic rings. The van der Waals surface area contributed by atoms with E-state index in [1.165, 1.54) is 4.90 Å². The lowest BCUT2D eigenvalue weighted by Gasteiger charge is -2.26. The zero-order chi connectivity index (χ0) is 15.4. The Labute approximate surface area is 122 Å². The van der Waals surface area contributed by atoms with Crippen LogP contribution in [0.3, 0.4) is 0 Å². The monoisotopic (exact) mass is 291 g/mol. The highest BCUT2D eigenvalue weighted by molar-refractivity contribution is 6.02. The molecule has 0 aromatic heterocycles. The van der Waals surface area contributed by atoms with Crippen LogP contribution >= 0.6 is 0 Å². The number of amides is 1. The van der Waals surface area contributed by atoms with Gasteiger partial charge in [0.1, 0.15) is 5.75 Å². The number of fused-ring (bicyclic) bond motifs is 1. The van der Waals surface area contributed by atoms with E-state index < -0.39 is 0 Å². The summed E-state index contributed by atoms with van der Waals surface area (Å²) in [5.74, 6) is -0.158. The average Bonchev–Trinajstić information content (AvgIpc) is 2.48. The highest BCUT2D eigenvalue weighted by atomic mass is 16.5. The molecule has 6 nitrogen and oxygen atoms in total. The summed E-state index contributed by atoms with van der Waals surface area (Å²) < 4.78 is 10.1. The van der Waals surface area contributed by atoms with E-state index in [0.29, 0.717) is 23.6 Å². The second kappa shape index (κ2) is 6.39. The van der Waals surface area contributed by atoms with Crippen molar-refractivity contribution in [1.82, 2.24) is 0 Å². The molecule has 0 fully saturated rings. The van der Waals surface area contributed by atoms with Crippen molar-refractivity contribution in [2.45, 2.75) is 19.8 Å². The number of hydrogen-bond acceptors (Lipinski definition) is 5. The number of nitrogens with zero attached hydrogens (tertiary/aromatic N) is 1. The second-order valence-electron chi connectivity index (χ2n) is 4.65. The summed E-state index contributed by atoms with van der Waals surface area (Å²) in [6.07, 6.45) is 0.130. The summed E-state index contributed by atoms with van der Waals surface area (Å²) in [6, 6.07) is 4.91. The topological polar surface area (TPSA) is 72.9 Å². The molecule has 1 aromatic rings. The zero-order valence-electron chi connectivity index (χ0n) is 12.0. The lowest BCUT2D eigenvalue weighted by Crippen LogP contribution is -2.35. The number of ketones is 1. The number of likely N-dealkylation sites (N-methyl/N-ethyl adjacent to an activating group) is 1. The molecule has 1 aliphatic heterocycles. The van der Waals surface area contributed by atoms with E-state index >= 15 is 0 Å². The van der Waals surface area contributed by atoms with Gasteiger partial charge < -0.3 is 14.4 Å². The molecule has 0 spiro atoms. The maximum Gasteiger partial charge on any atom is 0.306 e. The van der Waals surface area contributed by atoms with Gasteiger partial charge in [0, 0.05) is 19.0 Å². The molecule has 0 saturated carbocycles. The minimum absolute atomic E-state index is 0.000346. The van der Waals surface area contributed by atoms with E-state index in [1.54, 1.807) is 32.2 Å². The molecule has 0 bridgehead atoms. The van der Waals surface area contributed by atoms with E-state index in [0.717, 1.165) is 0 Å². The average molecular weight is 291 g/mol. The summed E-state index contributed by atoms with van der Waals surface area (Å²) >= 11 is 0. The normalized spacial score (nSPS) is 13.4. The van der Waals surface area contributed by atoms with Crippen LogP contribution in [0.1, 0.15) is 30.1 Å². The first-order valence-electron chi connectivity index (χ1n) is 6.75. The van der Waals surface area contributed by atoms with Crippen molar-refractivity contribution in [3.63, 3.8) is 0 Å². The summed E-state index contributed by atoms with van der Waals surface area (Å²) in [7, 11) is 1.64. The molecule has 0 aliphatic carbocycles. The fourth-order valence-electron chi connectivity index (χ4n) is 2.04. The Morgan fingerprint density at radius 3 is 2.81 bits per heavy atom. The highest BCUT2D eigenvalue weighted by Gasteiger charge is 2.23. The third-order valence-corrected chi connectivity index (χ3v) is 3.23. The van der Waals surface area contributed by atoms with Gasteiger partial charge in [0.25, 0.3) is 5.91 Å². The van der Waals surface area contributed by atoms with Gasteiger partial charge in [0.2, 0.25) is 0 Å². The van der Waals surface area contributed by atoms with Crippen LogP contribution < -0.4 is 9.64 Å². The number of hydrogen-bond donors (Lipinski definition) is 0. The zero-order valence-corrected chi connectivity index (χ0v) is 12.0. The Morgan fingerprint density at radius 2 is 2.10 bits per heavy atom. The maximum absolute atomic E-state index is 12.1. The van der Waals surface area contributed by atoms with E-state index in [2.05, 4.69) is 0 Å². The molecule has 0 unspecified atom stereocenters. The number of esters is 1. The van der Waals surface area contributed by atoms with Crippen LogP contribution in [0, 0.1) is 0 Å². The molecule has 2 rings (SSSR count). The van der Waals surface area contributed by atoms with Gasteiger partial charge in [-0.1, -0.05) is 0 Å². The van der Waals surface area contributed by atoms with Crippen LogP contribution in [0.4, 0.5) is 5.69 Å². The van der Waals surface area contributed by atoms with Crippen LogP contribution in [0.25, 0.3) is 0 Å². The van der Waals surface area contributed by atoms with Crippen LogP contribution in [0.2, 0.25) is 0 Å². The molecule has 0 N–H and O–H groups in total. The van der Waals surface area contributed by atoms with Crippen LogP contribution in [-0.2, 0) is 14.3 Å². The van der Waals surface area contributed by atoms with Crippen molar-refractivity contribution in [3.8, 4) is 5.75 Å². The first-order chi connectivity index (χ1) is 10.0. The maximum atomic E-state index is 12.1. The number of ether oxygens (including phenoxy) is 2. The molecule has 0 radical (unpaired) electrons. The summed E-state index contributed by atoms with van der Waals surface area (Å²) in [4.78, 5) is 36.4. The second-order valence-corrected chi connectivity index (χ2v) is 4.65. The van der Waals surface area contributed by atoms with Gasteiger partial charge in [-0.25, -0.2) is 0 Å². The molecule has 1 heterocycles. The van der Waals surface area contributed by atoms with E-state index in [4.69, 9.17) is 9.47 Å². The van der Waals surface area contributed by atoms with Crippen LogP contribution in [0.5, 0.6) is 5.75 Å². The SMILES string of the molecule is CCOC(=O)CCC(=O)c1ccc2c(c1)N(C)C(=O)CO2. The van der Waals surface area contributed by atoms with Gasteiger partial charge in [-0.3, -0.25) is 14.4 Å². The molecule has 6 heteroatoms. The van der Waals surface area contributed by atoms with E-state index in [1.807, 2.05) is 0 Å². The fourth-order valence-corrected chi connectivity index (χ4v) is 2.04. The number of Topliss-reactive ketones (excluding diaryl/α,β-unsaturated/α-hetero) is 1. The van der Waals surface area contributed by atoms with Gasteiger partial charge >= 0.3 is 5.97 Å². The highest BCUT2D eigenvalue weighted by Crippen LogP contribution is 2.32. The number of carbonyl (C=O) groups excluding carboxylic acids is 3. The third-order valence-electron chi connectivity index (χ3n) is 3.23. The predicted octanol–water partition coefficient (Wildman–Crippen LogP) is 1.57. The van der Waals surface area contributed by atoms with Gasteiger partial charge in [0.15, 0.2) is 12.4 Å². The van der Waals surface area contributed by atoms with Crippen molar-refractivity contribution in [2.75, 3.05) is 25.2 Å². The standard InChI is InChI=1S/C15H17NO5/c1-3-20-15(19)7-5-12(17)10-4-6-13-11(8-10)16(2)14(18)9-21-13/h4,6,8H,3,5,7,9H2,1-2H3. The van der Waals surface area contributed by atoms with Gasteiger partial charge in [-0.15, -0.1) is 0 Å². The fraction of sp³-hybridized carbons (Fsp3) is 0.400. The Balaban J connectivity index is 2.09. The third kappa shape index (κ3) is 3.39. The van der Waals surface area contributed by atoms with Crippen molar-refractivity contribution in [3.05, 3.63) is 23.8 Å². The molecule has 0 atom stereocenters. The molecule has 0 saturated heterocycles. The van der Waals surface area contributed by atoms with Crippen LogP contribution in [0.15, 0.2) is 18.2 Å². The minimum atomic E-state index is -0.389. The predicted molar refractivity (Wildman–Crippen MR) is 75.5 cm³/mol. The van der Waals surface area contributed by atoms with Crippen LogP contribution in [-0.4, -0.2) is 37.9 Å². The van der Waals surface area contributed by atoms with E-state index in [9.17, 15) is 14.4 Å². The molecule has 1 aromatic carbocycles. The lowest BCUT2D eigenvalue weighted by molar-refractivity contribution is -0.143.